The van der Waals surface area contributed by atoms with E-state index in [1.807, 2.05) is 30.3 Å². The van der Waals surface area contributed by atoms with E-state index in [0.29, 0.717) is 13.2 Å². The smallest absolute Gasteiger partial charge is 0.407 e. The summed E-state index contributed by atoms with van der Waals surface area (Å²) < 4.78 is 4.97. The highest BCUT2D eigenvalue weighted by Gasteiger charge is 1.99. The van der Waals surface area contributed by atoms with Crippen LogP contribution in [0.3, 0.4) is 0 Å². The molecule has 3 nitrogen and oxygen atoms in total. The van der Waals surface area contributed by atoms with Crippen molar-refractivity contribution in [3.8, 4) is 0 Å². The summed E-state index contributed by atoms with van der Waals surface area (Å²) in [6.07, 6.45) is 0.469. The van der Waals surface area contributed by atoms with Crippen molar-refractivity contribution in [2.24, 2.45) is 0 Å². The molecule has 14 heavy (non-hydrogen) atoms. The molecule has 0 spiro atoms. The second-order valence-electron chi connectivity index (χ2n) is 2.78. The van der Waals surface area contributed by atoms with Gasteiger partial charge in [0, 0.05) is 6.54 Å². The second kappa shape index (κ2) is 6.39. The maximum atomic E-state index is 11.0. The van der Waals surface area contributed by atoms with Crippen LogP contribution in [0.1, 0.15) is 5.56 Å². The quantitative estimate of drug-likeness (QED) is 0.771. The summed E-state index contributed by atoms with van der Waals surface area (Å²) in [6.45, 7) is 0.946. The van der Waals surface area contributed by atoms with E-state index in [0.717, 1.165) is 11.7 Å². The number of hydrogen-bond acceptors (Lipinski definition) is 2. The number of carbonyl (C=O) groups is 1. The number of rotatable bonds is 4. The van der Waals surface area contributed by atoms with E-state index in [2.05, 4.69) is 14.6 Å². The van der Waals surface area contributed by atoms with Crippen molar-refractivity contribution in [3.63, 3.8) is 0 Å². The number of alkyl carbamates (subject to hydrolysis) is 1. The van der Waals surface area contributed by atoms with Crippen LogP contribution in [0.2, 0.25) is 0 Å². The predicted octanol–water partition coefficient (Wildman–Crippen LogP) is 1.79. The molecule has 4 heteroatoms. The summed E-state index contributed by atoms with van der Waals surface area (Å²) in [5, 5.41) is 2.62. The normalized spacial score (nSPS) is 9.50. The summed E-state index contributed by atoms with van der Waals surface area (Å²) >= 11 is 0. The molecule has 0 aliphatic heterocycles. The molecule has 0 bridgehead atoms. The number of hydrogen-bond donors (Lipinski definition) is 1. The highest BCUT2D eigenvalue weighted by molar-refractivity contribution is 7.16. The Bertz CT molecular complexity index is 277. The molecule has 0 heterocycles. The molecule has 1 N–H and O–H groups in total. The second-order valence-corrected chi connectivity index (χ2v) is 3.35. The van der Waals surface area contributed by atoms with Crippen molar-refractivity contribution < 1.29 is 9.53 Å². The van der Waals surface area contributed by atoms with E-state index in [4.69, 9.17) is 4.74 Å². The van der Waals surface area contributed by atoms with E-state index >= 15 is 0 Å². The van der Waals surface area contributed by atoms with Crippen molar-refractivity contribution in [3.05, 3.63) is 35.9 Å². The zero-order chi connectivity index (χ0) is 10.2. The highest BCUT2D eigenvalue weighted by Crippen LogP contribution is 2.00. The minimum absolute atomic E-state index is 0.323. The Kier molecular flexibility index (Phi) is 5.02. The van der Waals surface area contributed by atoms with Crippen LogP contribution in [0.25, 0.3) is 0 Å². The topological polar surface area (TPSA) is 38.3 Å². The first-order valence-electron chi connectivity index (χ1n) is 4.47. The predicted molar refractivity (Wildman–Crippen MR) is 59.2 cm³/mol. The van der Waals surface area contributed by atoms with Gasteiger partial charge in [0.2, 0.25) is 0 Å². The van der Waals surface area contributed by atoms with Crippen molar-refractivity contribution in [2.45, 2.75) is 6.61 Å². The Balaban J connectivity index is 2.24. The van der Waals surface area contributed by atoms with E-state index in [1.54, 1.807) is 0 Å². The molecule has 0 aliphatic rings. The van der Waals surface area contributed by atoms with Gasteiger partial charge in [0.25, 0.3) is 0 Å². The molecule has 1 aromatic carbocycles. The molecule has 0 fully saturated rings. The third-order valence-electron chi connectivity index (χ3n) is 1.63. The zero-order valence-electron chi connectivity index (χ0n) is 7.90. The Morgan fingerprint density at radius 2 is 2.07 bits per heavy atom. The molecule has 0 aromatic heterocycles. The monoisotopic (exact) mass is 211 g/mol. The van der Waals surface area contributed by atoms with Gasteiger partial charge < -0.3 is 10.1 Å². The van der Waals surface area contributed by atoms with Crippen molar-refractivity contribution >= 4 is 15.3 Å². The lowest BCUT2D eigenvalue weighted by atomic mass is 10.2. The summed E-state index contributed by atoms with van der Waals surface area (Å²) in [6, 6.07) is 9.60. The minimum atomic E-state index is -0.365. The van der Waals surface area contributed by atoms with Crippen LogP contribution in [0.4, 0.5) is 4.79 Å². The summed E-state index contributed by atoms with van der Waals surface area (Å²) in [5.74, 6) is 0. The average molecular weight is 211 g/mol. The van der Waals surface area contributed by atoms with E-state index < -0.39 is 0 Å². The molecule has 0 radical (unpaired) electrons. The minimum Gasteiger partial charge on any atom is -0.445 e. The van der Waals surface area contributed by atoms with E-state index in [-0.39, 0.29) is 6.09 Å². The lowest BCUT2D eigenvalue weighted by Crippen LogP contribution is -2.25. The van der Waals surface area contributed by atoms with Crippen LogP contribution in [-0.4, -0.2) is 18.8 Å². The highest BCUT2D eigenvalue weighted by atomic mass is 31.0. The Labute approximate surface area is 86.0 Å². The van der Waals surface area contributed by atoms with Crippen LogP contribution < -0.4 is 5.32 Å². The van der Waals surface area contributed by atoms with Gasteiger partial charge in [0.15, 0.2) is 0 Å². The van der Waals surface area contributed by atoms with Crippen LogP contribution in [0.15, 0.2) is 30.3 Å². The van der Waals surface area contributed by atoms with E-state index in [9.17, 15) is 4.79 Å². The van der Waals surface area contributed by atoms with Gasteiger partial charge in [0.05, 0.1) is 0 Å². The standard InChI is InChI=1S/C10H14NO2P/c12-10(11-6-7-14)13-8-9-4-2-1-3-5-9/h1-5H,6-8,14H2,(H,11,12). The van der Waals surface area contributed by atoms with Gasteiger partial charge in [-0.15, -0.1) is 9.24 Å². The molecular weight excluding hydrogens is 197 g/mol. The zero-order valence-corrected chi connectivity index (χ0v) is 9.06. The molecule has 0 saturated heterocycles. The van der Waals surface area contributed by atoms with Gasteiger partial charge >= 0.3 is 6.09 Å². The van der Waals surface area contributed by atoms with Crippen LogP contribution in [0.5, 0.6) is 0 Å². The molecule has 0 aliphatic carbocycles. The summed E-state index contributed by atoms with van der Waals surface area (Å²) in [4.78, 5) is 11.0. The molecule has 1 unspecified atom stereocenters. The fraction of sp³-hybridized carbons (Fsp3) is 0.300. The van der Waals surface area contributed by atoms with Crippen molar-refractivity contribution in [1.82, 2.24) is 5.32 Å². The number of amides is 1. The summed E-state index contributed by atoms with van der Waals surface area (Å²) in [5.41, 5.74) is 0.994. The van der Waals surface area contributed by atoms with Crippen molar-refractivity contribution in [2.75, 3.05) is 12.7 Å². The van der Waals surface area contributed by atoms with Crippen LogP contribution in [0, 0.1) is 0 Å². The van der Waals surface area contributed by atoms with Crippen molar-refractivity contribution in [1.29, 1.82) is 0 Å². The molecule has 1 atom stereocenters. The molecular formula is C10H14NO2P. The Morgan fingerprint density at radius 3 is 2.71 bits per heavy atom. The van der Waals surface area contributed by atoms with Gasteiger partial charge in [0.1, 0.15) is 6.61 Å². The maximum Gasteiger partial charge on any atom is 0.407 e. The van der Waals surface area contributed by atoms with Gasteiger partial charge in [-0.1, -0.05) is 30.3 Å². The first kappa shape index (κ1) is 11.0. The Morgan fingerprint density at radius 1 is 1.36 bits per heavy atom. The van der Waals surface area contributed by atoms with Gasteiger partial charge in [-0.05, 0) is 11.7 Å². The largest absolute Gasteiger partial charge is 0.445 e. The molecule has 76 valence electrons. The van der Waals surface area contributed by atoms with Gasteiger partial charge in [-0.2, -0.15) is 0 Å². The van der Waals surface area contributed by atoms with Crippen LogP contribution in [-0.2, 0) is 11.3 Å². The lowest BCUT2D eigenvalue weighted by molar-refractivity contribution is 0.140. The lowest BCUT2D eigenvalue weighted by Gasteiger charge is -2.05. The SMILES string of the molecule is O=C(NCCP)OCc1ccccc1. The number of ether oxygens (including phenoxy) is 1. The number of carbonyl (C=O) groups excluding carboxylic acids is 1. The average Bonchev–Trinajstić information content (AvgIpc) is 2.25. The number of benzene rings is 1. The third kappa shape index (κ3) is 4.24. The number of nitrogens with one attached hydrogen (secondary N) is 1. The summed E-state index contributed by atoms with van der Waals surface area (Å²) in [7, 11) is 2.53. The fourth-order valence-electron chi connectivity index (χ4n) is 0.948. The van der Waals surface area contributed by atoms with Crippen LogP contribution >= 0.6 is 9.24 Å². The Hall–Kier alpha value is -1.08. The third-order valence-corrected chi connectivity index (χ3v) is 1.92. The maximum absolute atomic E-state index is 11.0. The van der Waals surface area contributed by atoms with E-state index in [1.165, 1.54) is 0 Å². The molecule has 1 amide bonds. The molecule has 1 aromatic rings. The van der Waals surface area contributed by atoms with Gasteiger partial charge in [-0.25, -0.2) is 4.79 Å². The molecule has 1 rings (SSSR count). The first-order chi connectivity index (χ1) is 6.83. The fourth-order valence-corrected chi connectivity index (χ4v) is 1.09. The van der Waals surface area contributed by atoms with Gasteiger partial charge in [-0.3, -0.25) is 0 Å². The first-order valence-corrected chi connectivity index (χ1v) is 5.29. The molecule has 0 saturated carbocycles.